The fourth-order valence-electron chi connectivity index (χ4n) is 1.12. The Morgan fingerprint density at radius 2 is 2.00 bits per heavy atom. The van der Waals surface area contributed by atoms with E-state index in [1.165, 1.54) is 18.3 Å². The lowest BCUT2D eigenvalue weighted by atomic mass is 10.2. The molecular weight excluding hydrogens is 240 g/mol. The highest BCUT2D eigenvalue weighted by Crippen LogP contribution is 2.28. The van der Waals surface area contributed by atoms with Crippen molar-refractivity contribution in [1.82, 2.24) is 0 Å². The number of nitrogens with one attached hydrogen (secondary N) is 1. The molecule has 0 saturated heterocycles. The smallest absolute Gasteiger partial charge is 0.272 e. The van der Waals surface area contributed by atoms with Gasteiger partial charge in [-0.3, -0.25) is 25.7 Å². The minimum absolute atomic E-state index is 0.0892. The number of non-ortho nitro benzene ring substituents is 1. The van der Waals surface area contributed by atoms with Gasteiger partial charge in [-0.2, -0.15) is 5.10 Å². The van der Waals surface area contributed by atoms with E-state index in [4.69, 9.17) is 0 Å². The number of benzene rings is 1. The molecule has 18 heavy (non-hydrogen) atoms. The fraction of sp³-hybridized carbons (Fsp3) is 0.100. The zero-order valence-electron chi connectivity index (χ0n) is 9.44. The molecule has 1 rings (SSSR count). The van der Waals surface area contributed by atoms with Crippen LogP contribution in [0.1, 0.15) is 6.92 Å². The van der Waals surface area contributed by atoms with Gasteiger partial charge in [0.15, 0.2) is 0 Å². The van der Waals surface area contributed by atoms with E-state index in [0.29, 0.717) is 0 Å². The van der Waals surface area contributed by atoms with Crippen molar-refractivity contribution in [2.45, 2.75) is 6.92 Å². The first-order valence-corrected chi connectivity index (χ1v) is 4.89. The second-order valence-electron chi connectivity index (χ2n) is 3.13. The molecule has 0 heterocycles. The molecule has 0 atom stereocenters. The molecule has 0 aliphatic heterocycles. The summed E-state index contributed by atoms with van der Waals surface area (Å²) in [5.74, 6) is 0. The lowest BCUT2D eigenvalue weighted by molar-refractivity contribution is -0.393. The van der Waals surface area contributed by atoms with Crippen molar-refractivity contribution in [3.8, 4) is 0 Å². The van der Waals surface area contributed by atoms with Gasteiger partial charge < -0.3 is 0 Å². The van der Waals surface area contributed by atoms with Gasteiger partial charge in [-0.15, -0.1) is 0 Å². The average molecular weight is 250 g/mol. The summed E-state index contributed by atoms with van der Waals surface area (Å²) in [5.41, 5.74) is 1.79. The van der Waals surface area contributed by atoms with Crippen molar-refractivity contribution in [3.63, 3.8) is 0 Å². The maximum atomic E-state index is 10.8. The van der Waals surface area contributed by atoms with Gasteiger partial charge >= 0.3 is 5.69 Å². The third kappa shape index (κ3) is 3.37. The van der Waals surface area contributed by atoms with Gasteiger partial charge in [0.05, 0.1) is 15.9 Å². The molecular formula is C10H10N4O4. The van der Waals surface area contributed by atoms with Gasteiger partial charge in [0.25, 0.3) is 5.69 Å². The van der Waals surface area contributed by atoms with Crippen molar-refractivity contribution >= 4 is 23.3 Å². The number of nitro groups is 2. The lowest BCUT2D eigenvalue weighted by Gasteiger charge is -2.01. The van der Waals surface area contributed by atoms with E-state index < -0.39 is 15.5 Å². The van der Waals surface area contributed by atoms with E-state index in [2.05, 4.69) is 10.5 Å². The number of nitrogens with zero attached hydrogens (tertiary/aromatic N) is 3. The Balaban J connectivity index is 3.04. The number of anilines is 1. The number of allylic oxidation sites excluding steroid dienone is 2. The molecule has 0 fully saturated rings. The average Bonchev–Trinajstić information content (AvgIpc) is 2.34. The Morgan fingerprint density at radius 1 is 1.28 bits per heavy atom. The van der Waals surface area contributed by atoms with E-state index >= 15 is 0 Å². The summed E-state index contributed by atoms with van der Waals surface area (Å²) in [5, 5.41) is 25.0. The highest BCUT2D eigenvalue weighted by Gasteiger charge is 2.18. The molecule has 0 bridgehead atoms. The number of hydrazone groups is 1. The molecule has 1 aromatic rings. The summed E-state index contributed by atoms with van der Waals surface area (Å²) in [6.45, 7) is 1.79. The molecule has 0 amide bonds. The lowest BCUT2D eigenvalue weighted by Crippen LogP contribution is -1.98. The monoisotopic (exact) mass is 250 g/mol. The molecule has 0 radical (unpaired) electrons. The van der Waals surface area contributed by atoms with Gasteiger partial charge in [0, 0.05) is 12.3 Å². The second kappa shape index (κ2) is 6.09. The van der Waals surface area contributed by atoms with Crippen LogP contribution in [0.4, 0.5) is 17.1 Å². The van der Waals surface area contributed by atoms with Gasteiger partial charge in [0.2, 0.25) is 0 Å². The van der Waals surface area contributed by atoms with Gasteiger partial charge in [0.1, 0.15) is 5.69 Å². The summed E-state index contributed by atoms with van der Waals surface area (Å²) in [6, 6.07) is 3.29. The van der Waals surface area contributed by atoms with Crippen LogP contribution >= 0.6 is 0 Å². The Labute approximate surface area is 102 Å². The minimum atomic E-state index is -0.708. The SMILES string of the molecule is CC=CC=NNc1ccc([N+](=O)[O-])cc1[N+](=O)[O-]. The third-order valence-electron chi connectivity index (χ3n) is 1.93. The Morgan fingerprint density at radius 3 is 2.56 bits per heavy atom. The van der Waals surface area contributed by atoms with Crippen LogP contribution in [0.3, 0.4) is 0 Å². The largest absolute Gasteiger partial charge is 0.301 e. The number of hydrogen-bond acceptors (Lipinski definition) is 6. The summed E-state index contributed by atoms with van der Waals surface area (Å²) >= 11 is 0. The molecule has 8 nitrogen and oxygen atoms in total. The second-order valence-corrected chi connectivity index (χ2v) is 3.13. The van der Waals surface area contributed by atoms with Crippen LogP contribution in [-0.4, -0.2) is 16.1 Å². The summed E-state index contributed by atoms with van der Waals surface area (Å²) < 4.78 is 0. The van der Waals surface area contributed by atoms with E-state index in [9.17, 15) is 20.2 Å². The summed E-state index contributed by atoms with van der Waals surface area (Å²) in [7, 11) is 0. The van der Waals surface area contributed by atoms with Crippen molar-refractivity contribution in [1.29, 1.82) is 0 Å². The molecule has 0 aromatic heterocycles. The summed E-state index contributed by atoms with van der Waals surface area (Å²) in [6.07, 6.45) is 4.77. The molecule has 0 aliphatic carbocycles. The Kier molecular flexibility index (Phi) is 4.50. The Hall–Kier alpha value is -2.77. The molecule has 1 aromatic carbocycles. The van der Waals surface area contributed by atoms with Crippen LogP contribution in [0.25, 0.3) is 0 Å². The van der Waals surface area contributed by atoms with Crippen LogP contribution in [0.5, 0.6) is 0 Å². The highest BCUT2D eigenvalue weighted by molar-refractivity contribution is 5.73. The number of nitro benzene ring substituents is 2. The molecule has 0 aliphatic rings. The standard InChI is InChI=1S/C10H10N4O4/c1-2-3-6-11-12-9-5-4-8(13(15)16)7-10(9)14(17)18/h2-7,12H,1H3. The molecule has 0 unspecified atom stereocenters. The first-order chi connectivity index (χ1) is 8.56. The third-order valence-corrected chi connectivity index (χ3v) is 1.93. The highest BCUT2D eigenvalue weighted by atomic mass is 16.6. The maximum Gasteiger partial charge on any atom is 0.301 e. The van der Waals surface area contributed by atoms with E-state index in [-0.39, 0.29) is 11.4 Å². The van der Waals surface area contributed by atoms with Crippen molar-refractivity contribution in [3.05, 3.63) is 50.6 Å². The maximum absolute atomic E-state index is 10.8. The minimum Gasteiger partial charge on any atom is -0.272 e. The van der Waals surface area contributed by atoms with Crippen LogP contribution in [-0.2, 0) is 0 Å². The van der Waals surface area contributed by atoms with E-state index in [1.807, 2.05) is 0 Å². The molecule has 94 valence electrons. The molecule has 1 N–H and O–H groups in total. The molecule has 0 spiro atoms. The van der Waals surface area contributed by atoms with Crippen LogP contribution in [0.15, 0.2) is 35.5 Å². The zero-order valence-corrected chi connectivity index (χ0v) is 9.44. The first kappa shape index (κ1) is 13.3. The fourth-order valence-corrected chi connectivity index (χ4v) is 1.12. The van der Waals surface area contributed by atoms with Crippen LogP contribution in [0, 0.1) is 20.2 Å². The van der Waals surface area contributed by atoms with Crippen LogP contribution in [0.2, 0.25) is 0 Å². The number of rotatable bonds is 5. The molecule has 8 heteroatoms. The number of hydrogen-bond donors (Lipinski definition) is 1. The predicted octanol–water partition coefficient (Wildman–Crippen LogP) is 2.48. The van der Waals surface area contributed by atoms with Crippen molar-refractivity contribution in [2.24, 2.45) is 5.10 Å². The summed E-state index contributed by atoms with van der Waals surface area (Å²) in [4.78, 5) is 19.9. The van der Waals surface area contributed by atoms with Gasteiger partial charge in [-0.25, -0.2) is 0 Å². The molecule has 0 saturated carbocycles. The van der Waals surface area contributed by atoms with Gasteiger partial charge in [-0.05, 0) is 19.1 Å². The quantitative estimate of drug-likeness (QED) is 0.490. The van der Waals surface area contributed by atoms with Gasteiger partial charge in [-0.1, -0.05) is 6.08 Å². The van der Waals surface area contributed by atoms with E-state index in [1.54, 1.807) is 19.1 Å². The normalized spacial score (nSPS) is 10.9. The van der Waals surface area contributed by atoms with E-state index in [0.717, 1.165) is 6.07 Å². The van der Waals surface area contributed by atoms with Crippen LogP contribution < -0.4 is 5.43 Å². The first-order valence-electron chi connectivity index (χ1n) is 4.89. The predicted molar refractivity (Wildman–Crippen MR) is 66.7 cm³/mol. The topological polar surface area (TPSA) is 111 Å². The van der Waals surface area contributed by atoms with Crippen molar-refractivity contribution in [2.75, 3.05) is 5.43 Å². The Bertz CT molecular complexity index is 525. The van der Waals surface area contributed by atoms with Crippen molar-refractivity contribution < 1.29 is 9.85 Å². The zero-order chi connectivity index (χ0) is 13.5.